The third-order valence-electron chi connectivity index (χ3n) is 4.70. The molecule has 0 spiro atoms. The molecule has 2 heterocycles. The lowest BCUT2D eigenvalue weighted by Crippen LogP contribution is -2.29. The van der Waals surface area contributed by atoms with Gasteiger partial charge in [0.15, 0.2) is 0 Å². The zero-order chi connectivity index (χ0) is 17.6. The van der Waals surface area contributed by atoms with Gasteiger partial charge in [-0.25, -0.2) is 0 Å². The number of carbonyl (C=O) groups excluding carboxylic acids is 1. The van der Waals surface area contributed by atoms with E-state index < -0.39 is 0 Å². The van der Waals surface area contributed by atoms with E-state index in [1.807, 2.05) is 36.4 Å². The lowest BCUT2D eigenvalue weighted by Gasteiger charge is -2.13. The number of nitrogens with zero attached hydrogens (tertiary/aromatic N) is 1. The van der Waals surface area contributed by atoms with Crippen molar-refractivity contribution in [3.8, 4) is 0 Å². The van der Waals surface area contributed by atoms with Gasteiger partial charge in [-0.15, -0.1) is 0 Å². The Kier molecular flexibility index (Phi) is 3.96. The average molecular weight is 397 g/mol. The molecule has 0 fully saturated rings. The fourth-order valence-electron chi connectivity index (χ4n) is 3.50. The van der Waals surface area contributed by atoms with Crippen molar-refractivity contribution in [2.24, 2.45) is 0 Å². The summed E-state index contributed by atoms with van der Waals surface area (Å²) < 4.78 is 2.92. The highest BCUT2D eigenvalue weighted by Gasteiger charge is 2.25. The first-order valence-corrected chi connectivity index (χ1v) is 9.03. The van der Waals surface area contributed by atoms with Crippen LogP contribution < -0.4 is 10.7 Å². The quantitative estimate of drug-likeness (QED) is 0.731. The molecule has 3 aromatic rings. The molecule has 0 saturated carbocycles. The molecule has 2 aromatic carbocycles. The molecule has 1 aliphatic rings. The van der Waals surface area contributed by atoms with Crippen LogP contribution in [0.5, 0.6) is 0 Å². The molecular weight excluding hydrogens is 380 g/mol. The molecule has 1 unspecified atom stereocenters. The summed E-state index contributed by atoms with van der Waals surface area (Å²) >= 11 is 3.48. The number of carbonyl (C=O) groups is 1. The van der Waals surface area contributed by atoms with Crippen LogP contribution in [0.4, 0.5) is 0 Å². The minimum absolute atomic E-state index is 0.196. The number of nitrogens with one attached hydrogen (secondary N) is 1. The summed E-state index contributed by atoms with van der Waals surface area (Å²) in [6.07, 6.45) is 2.57. The van der Waals surface area contributed by atoms with E-state index in [0.717, 1.165) is 27.5 Å². The topological polar surface area (TPSA) is 51.1 Å². The van der Waals surface area contributed by atoms with Crippen molar-refractivity contribution in [2.45, 2.75) is 25.9 Å². The van der Waals surface area contributed by atoms with Crippen molar-refractivity contribution in [1.29, 1.82) is 0 Å². The second-order valence-electron chi connectivity index (χ2n) is 6.46. The zero-order valence-corrected chi connectivity index (χ0v) is 15.3. The highest BCUT2D eigenvalue weighted by atomic mass is 79.9. The number of halogens is 1. The smallest absolute Gasteiger partial charge is 0.257 e. The lowest BCUT2D eigenvalue weighted by atomic mass is 10.1. The molecule has 1 atom stereocenters. The van der Waals surface area contributed by atoms with Crippen LogP contribution in [0.1, 0.15) is 34.5 Å². The molecule has 4 rings (SSSR count). The summed E-state index contributed by atoms with van der Waals surface area (Å²) in [5, 5.41) is 3.45. The van der Waals surface area contributed by atoms with Gasteiger partial charge in [0.05, 0.1) is 5.52 Å². The summed E-state index contributed by atoms with van der Waals surface area (Å²) in [7, 11) is 0. The monoisotopic (exact) mass is 396 g/mol. The predicted molar refractivity (Wildman–Crippen MR) is 102 cm³/mol. The fourth-order valence-corrected chi connectivity index (χ4v) is 4.00. The Morgan fingerprint density at radius 1 is 1.28 bits per heavy atom. The Hall–Kier alpha value is -2.40. The number of aromatic nitrogens is 1. The van der Waals surface area contributed by atoms with Gasteiger partial charge in [-0.2, -0.15) is 0 Å². The number of hydrogen-bond acceptors (Lipinski definition) is 2. The first kappa shape index (κ1) is 16.1. The van der Waals surface area contributed by atoms with Crippen molar-refractivity contribution >= 4 is 32.7 Å². The summed E-state index contributed by atoms with van der Waals surface area (Å²) in [6, 6.07) is 13.8. The maximum atomic E-state index is 12.9. The van der Waals surface area contributed by atoms with E-state index in [1.54, 1.807) is 6.20 Å². The van der Waals surface area contributed by atoms with Gasteiger partial charge in [-0.1, -0.05) is 46.3 Å². The molecule has 0 aliphatic carbocycles. The van der Waals surface area contributed by atoms with Crippen LogP contribution in [0.15, 0.2) is 57.9 Å². The maximum Gasteiger partial charge on any atom is 0.257 e. The summed E-state index contributed by atoms with van der Waals surface area (Å²) in [4.78, 5) is 25.5. The predicted octanol–water partition coefficient (Wildman–Crippen LogP) is 3.81. The van der Waals surface area contributed by atoms with Crippen LogP contribution in [0.3, 0.4) is 0 Å². The molecule has 4 nitrogen and oxygen atoms in total. The number of pyridine rings is 1. The Morgan fingerprint density at radius 2 is 2.04 bits per heavy atom. The third kappa shape index (κ3) is 2.78. The average Bonchev–Trinajstić information content (AvgIpc) is 2.92. The minimum atomic E-state index is -0.333. The van der Waals surface area contributed by atoms with Crippen LogP contribution in [0.25, 0.3) is 10.9 Å². The zero-order valence-electron chi connectivity index (χ0n) is 13.8. The van der Waals surface area contributed by atoms with Crippen LogP contribution >= 0.6 is 15.9 Å². The van der Waals surface area contributed by atoms with Crippen molar-refractivity contribution in [3.63, 3.8) is 0 Å². The van der Waals surface area contributed by atoms with Gasteiger partial charge in [-0.3, -0.25) is 9.59 Å². The first-order valence-electron chi connectivity index (χ1n) is 8.24. The van der Waals surface area contributed by atoms with Gasteiger partial charge in [-0.05, 0) is 36.6 Å². The van der Waals surface area contributed by atoms with Gasteiger partial charge in [0.1, 0.15) is 5.56 Å². The van der Waals surface area contributed by atoms with E-state index in [9.17, 15) is 9.59 Å². The molecule has 1 aromatic heterocycles. The van der Waals surface area contributed by atoms with Crippen molar-refractivity contribution in [1.82, 2.24) is 9.88 Å². The van der Waals surface area contributed by atoms with Crippen LogP contribution in [-0.2, 0) is 13.0 Å². The van der Waals surface area contributed by atoms with E-state index in [2.05, 4.69) is 38.8 Å². The Morgan fingerprint density at radius 3 is 2.80 bits per heavy atom. The standard InChI is InChI=1S/C20H17BrN2O2/c1-12-7-14-8-15(21)9-16-18(14)23(12)11-17(19(16)24)20(25)22-10-13-5-3-2-4-6-13/h2-6,8-9,11-12H,7,10H2,1H3,(H,22,25). The highest BCUT2D eigenvalue weighted by Crippen LogP contribution is 2.33. The Bertz CT molecular complexity index is 1040. The molecule has 0 saturated heterocycles. The van der Waals surface area contributed by atoms with Crippen molar-refractivity contribution in [3.05, 3.63) is 80.0 Å². The van der Waals surface area contributed by atoms with Crippen molar-refractivity contribution in [2.75, 3.05) is 0 Å². The largest absolute Gasteiger partial charge is 0.348 e. The SMILES string of the molecule is CC1Cc2cc(Br)cc3c(=O)c(C(=O)NCc4ccccc4)cn1c23. The number of rotatable bonds is 3. The Labute approximate surface area is 153 Å². The minimum Gasteiger partial charge on any atom is -0.348 e. The molecule has 0 bridgehead atoms. The highest BCUT2D eigenvalue weighted by molar-refractivity contribution is 9.10. The van der Waals surface area contributed by atoms with Gasteiger partial charge >= 0.3 is 0 Å². The van der Waals surface area contributed by atoms with E-state index in [4.69, 9.17) is 0 Å². The third-order valence-corrected chi connectivity index (χ3v) is 5.16. The van der Waals surface area contributed by atoms with Crippen molar-refractivity contribution < 1.29 is 4.79 Å². The summed E-state index contributed by atoms with van der Waals surface area (Å²) in [5.41, 5.74) is 3.07. The van der Waals surface area contributed by atoms with Crippen LogP contribution in [0.2, 0.25) is 0 Å². The molecule has 0 radical (unpaired) electrons. The van der Waals surface area contributed by atoms with Gasteiger partial charge in [0.2, 0.25) is 5.43 Å². The fraction of sp³-hybridized carbons (Fsp3) is 0.200. The second kappa shape index (κ2) is 6.15. The number of benzene rings is 2. The normalized spacial score (nSPS) is 15.5. The molecule has 1 N–H and O–H groups in total. The van der Waals surface area contributed by atoms with E-state index in [0.29, 0.717) is 11.9 Å². The molecule has 1 amide bonds. The lowest BCUT2D eigenvalue weighted by molar-refractivity contribution is 0.0949. The van der Waals surface area contributed by atoms with Gasteiger partial charge < -0.3 is 9.88 Å². The molecule has 126 valence electrons. The maximum absolute atomic E-state index is 12.9. The van der Waals surface area contributed by atoms with Crippen LogP contribution in [0, 0.1) is 0 Å². The number of hydrogen-bond donors (Lipinski definition) is 1. The molecule has 5 heteroatoms. The molecule has 25 heavy (non-hydrogen) atoms. The summed E-state index contributed by atoms with van der Waals surface area (Å²) in [5.74, 6) is -0.333. The summed E-state index contributed by atoms with van der Waals surface area (Å²) in [6.45, 7) is 2.50. The van der Waals surface area contributed by atoms with Gasteiger partial charge in [0, 0.05) is 28.6 Å². The molecular formula is C20H17BrN2O2. The number of amides is 1. The first-order chi connectivity index (χ1) is 12.0. The van der Waals surface area contributed by atoms with E-state index >= 15 is 0 Å². The molecule has 1 aliphatic heterocycles. The van der Waals surface area contributed by atoms with E-state index in [-0.39, 0.29) is 22.9 Å². The second-order valence-corrected chi connectivity index (χ2v) is 7.38. The van der Waals surface area contributed by atoms with Gasteiger partial charge in [0.25, 0.3) is 5.91 Å². The van der Waals surface area contributed by atoms with E-state index in [1.165, 1.54) is 0 Å². The van der Waals surface area contributed by atoms with Crippen LogP contribution in [-0.4, -0.2) is 10.5 Å². The Balaban J connectivity index is 1.75.